The van der Waals surface area contributed by atoms with E-state index in [4.69, 9.17) is 11.6 Å². The third-order valence-corrected chi connectivity index (χ3v) is 4.90. The summed E-state index contributed by atoms with van der Waals surface area (Å²) < 4.78 is 38.3. The van der Waals surface area contributed by atoms with Gasteiger partial charge >= 0.3 is 0 Å². The van der Waals surface area contributed by atoms with Gasteiger partial charge in [-0.1, -0.05) is 18.0 Å². The molecule has 8 heteroatoms. The first-order valence-electron chi connectivity index (χ1n) is 6.52. The maximum absolute atomic E-state index is 13.7. The summed E-state index contributed by atoms with van der Waals surface area (Å²) in [5, 5.41) is 2.65. The Morgan fingerprint density at radius 1 is 1.43 bits per heavy atom. The highest BCUT2D eigenvalue weighted by molar-refractivity contribution is 7.88. The Morgan fingerprint density at radius 3 is 2.76 bits per heavy atom. The van der Waals surface area contributed by atoms with E-state index in [0.717, 1.165) is 18.7 Å². The van der Waals surface area contributed by atoms with Crippen LogP contribution >= 0.6 is 11.6 Å². The van der Waals surface area contributed by atoms with E-state index < -0.39 is 27.8 Å². The van der Waals surface area contributed by atoms with Crippen molar-refractivity contribution in [3.63, 3.8) is 0 Å². The molecule has 0 aromatic heterocycles. The molecule has 1 fully saturated rings. The van der Waals surface area contributed by atoms with Crippen LogP contribution < -0.4 is 5.32 Å². The lowest BCUT2D eigenvalue weighted by Gasteiger charge is -2.32. The van der Waals surface area contributed by atoms with Gasteiger partial charge in [-0.2, -0.15) is 4.31 Å². The molecule has 0 bridgehead atoms. The molecule has 1 aliphatic rings. The SMILES string of the molecule is CS(=O)(=O)N1CCCCC1C(=O)Nc1ccc(Cl)cc1F. The maximum Gasteiger partial charge on any atom is 0.242 e. The molecule has 1 heterocycles. The summed E-state index contributed by atoms with van der Waals surface area (Å²) in [7, 11) is -3.47. The second-order valence-corrected chi connectivity index (χ2v) is 7.37. The van der Waals surface area contributed by atoms with E-state index in [-0.39, 0.29) is 10.7 Å². The van der Waals surface area contributed by atoms with E-state index in [1.807, 2.05) is 0 Å². The van der Waals surface area contributed by atoms with Gasteiger partial charge in [0, 0.05) is 11.6 Å². The molecule has 1 N–H and O–H groups in total. The number of hydrogen-bond donors (Lipinski definition) is 1. The Morgan fingerprint density at radius 2 is 2.14 bits per heavy atom. The van der Waals surface area contributed by atoms with Crippen LogP contribution in [0.25, 0.3) is 0 Å². The number of rotatable bonds is 3. The fraction of sp³-hybridized carbons (Fsp3) is 0.462. The minimum Gasteiger partial charge on any atom is -0.322 e. The lowest BCUT2D eigenvalue weighted by atomic mass is 10.0. The summed E-state index contributed by atoms with van der Waals surface area (Å²) in [5.41, 5.74) is -0.0107. The number of anilines is 1. The van der Waals surface area contributed by atoms with Crippen molar-refractivity contribution in [3.05, 3.63) is 29.0 Å². The van der Waals surface area contributed by atoms with Gasteiger partial charge in [0.25, 0.3) is 0 Å². The summed E-state index contributed by atoms with van der Waals surface area (Å²) in [4.78, 5) is 12.2. The van der Waals surface area contributed by atoms with Gasteiger partial charge in [0.2, 0.25) is 15.9 Å². The number of sulfonamides is 1. The molecule has 21 heavy (non-hydrogen) atoms. The van der Waals surface area contributed by atoms with E-state index in [2.05, 4.69) is 5.32 Å². The minimum atomic E-state index is -3.47. The Bertz CT molecular complexity index is 651. The topological polar surface area (TPSA) is 66.5 Å². The molecule has 1 aromatic rings. The molecule has 0 aliphatic carbocycles. The molecule has 5 nitrogen and oxygen atoms in total. The molecule has 1 aliphatic heterocycles. The summed E-state index contributed by atoms with van der Waals surface area (Å²) >= 11 is 5.64. The Kier molecular flexibility index (Phi) is 4.85. The number of amides is 1. The van der Waals surface area contributed by atoms with Crippen molar-refractivity contribution >= 4 is 33.2 Å². The highest BCUT2D eigenvalue weighted by Gasteiger charge is 2.34. The van der Waals surface area contributed by atoms with Gasteiger partial charge < -0.3 is 5.32 Å². The number of carbonyl (C=O) groups is 1. The molecule has 116 valence electrons. The third-order valence-electron chi connectivity index (χ3n) is 3.37. The van der Waals surface area contributed by atoms with E-state index in [1.165, 1.54) is 16.4 Å². The largest absolute Gasteiger partial charge is 0.322 e. The quantitative estimate of drug-likeness (QED) is 0.921. The van der Waals surface area contributed by atoms with Crippen LogP contribution in [0.3, 0.4) is 0 Å². The Balaban J connectivity index is 2.18. The van der Waals surface area contributed by atoms with Gasteiger partial charge in [-0.3, -0.25) is 4.79 Å². The summed E-state index contributed by atoms with van der Waals surface area (Å²) in [6.07, 6.45) is 2.97. The molecular weight excluding hydrogens is 319 g/mol. The smallest absolute Gasteiger partial charge is 0.242 e. The maximum atomic E-state index is 13.7. The van der Waals surface area contributed by atoms with Crippen molar-refractivity contribution in [1.29, 1.82) is 0 Å². The minimum absolute atomic E-state index is 0.0107. The molecule has 0 saturated carbocycles. The number of piperidine rings is 1. The molecule has 1 aromatic carbocycles. The first kappa shape index (κ1) is 16.2. The molecular formula is C13H16ClFN2O3S. The van der Waals surface area contributed by atoms with E-state index in [1.54, 1.807) is 0 Å². The first-order valence-corrected chi connectivity index (χ1v) is 8.74. The average Bonchev–Trinajstić information content (AvgIpc) is 2.41. The van der Waals surface area contributed by atoms with Crippen molar-refractivity contribution in [2.45, 2.75) is 25.3 Å². The zero-order valence-electron chi connectivity index (χ0n) is 11.5. The van der Waals surface area contributed by atoms with Crippen LogP contribution in [0.1, 0.15) is 19.3 Å². The van der Waals surface area contributed by atoms with Crippen LogP contribution in [-0.4, -0.2) is 37.5 Å². The second-order valence-electron chi connectivity index (χ2n) is 5.00. The highest BCUT2D eigenvalue weighted by atomic mass is 35.5. The van der Waals surface area contributed by atoms with Gasteiger partial charge in [0.05, 0.1) is 11.9 Å². The Hall–Kier alpha value is -1.18. The van der Waals surface area contributed by atoms with Crippen molar-refractivity contribution in [2.75, 3.05) is 18.1 Å². The average molecular weight is 335 g/mol. The number of hydrogen-bond acceptors (Lipinski definition) is 3. The number of carbonyl (C=O) groups excluding carboxylic acids is 1. The highest BCUT2D eigenvalue weighted by Crippen LogP contribution is 2.23. The Labute approximate surface area is 128 Å². The van der Waals surface area contributed by atoms with Crippen LogP contribution in [0.15, 0.2) is 18.2 Å². The molecule has 2 rings (SSSR count). The van der Waals surface area contributed by atoms with Crippen LogP contribution in [0.5, 0.6) is 0 Å². The van der Waals surface area contributed by atoms with Gasteiger partial charge in [0.1, 0.15) is 11.9 Å². The predicted octanol–water partition coefficient (Wildman–Crippen LogP) is 2.23. The lowest BCUT2D eigenvalue weighted by Crippen LogP contribution is -2.49. The second kappa shape index (κ2) is 6.29. The fourth-order valence-corrected chi connectivity index (χ4v) is 3.65. The van der Waals surface area contributed by atoms with Crippen LogP contribution in [0.4, 0.5) is 10.1 Å². The van der Waals surface area contributed by atoms with E-state index >= 15 is 0 Å². The third kappa shape index (κ3) is 3.93. The van der Waals surface area contributed by atoms with Crippen molar-refractivity contribution < 1.29 is 17.6 Å². The molecule has 0 radical (unpaired) electrons. The van der Waals surface area contributed by atoms with Crippen LogP contribution in [0.2, 0.25) is 5.02 Å². The molecule has 1 atom stereocenters. The molecule has 0 spiro atoms. The van der Waals surface area contributed by atoms with Crippen molar-refractivity contribution in [1.82, 2.24) is 4.31 Å². The fourth-order valence-electron chi connectivity index (χ4n) is 2.37. The summed E-state index contributed by atoms with van der Waals surface area (Å²) in [6, 6.07) is 3.09. The van der Waals surface area contributed by atoms with E-state index in [9.17, 15) is 17.6 Å². The number of nitrogens with zero attached hydrogens (tertiary/aromatic N) is 1. The predicted molar refractivity (Wildman–Crippen MR) is 79.2 cm³/mol. The molecule has 1 saturated heterocycles. The standard InChI is InChI=1S/C13H16ClFN2O3S/c1-21(19,20)17-7-3-2-4-12(17)13(18)16-11-6-5-9(14)8-10(11)15/h5-6,8,12H,2-4,7H2,1H3,(H,16,18). The lowest BCUT2D eigenvalue weighted by molar-refractivity contribution is -0.120. The number of nitrogens with one attached hydrogen (secondary N) is 1. The van der Waals surface area contributed by atoms with Crippen molar-refractivity contribution in [2.24, 2.45) is 0 Å². The monoisotopic (exact) mass is 334 g/mol. The van der Waals surface area contributed by atoms with Crippen LogP contribution in [0, 0.1) is 5.82 Å². The van der Waals surface area contributed by atoms with E-state index in [0.29, 0.717) is 19.4 Å². The number of halogens is 2. The van der Waals surface area contributed by atoms with Crippen molar-refractivity contribution in [3.8, 4) is 0 Å². The summed E-state index contributed by atoms with van der Waals surface area (Å²) in [6.45, 7) is 0.306. The van der Waals surface area contributed by atoms with Gasteiger partial charge in [0.15, 0.2) is 0 Å². The van der Waals surface area contributed by atoms with Gasteiger partial charge in [-0.05, 0) is 31.0 Å². The summed E-state index contributed by atoms with van der Waals surface area (Å²) in [5.74, 6) is -1.18. The normalized spacial score (nSPS) is 20.2. The zero-order chi connectivity index (χ0) is 15.6. The van der Waals surface area contributed by atoms with Crippen LogP contribution in [-0.2, 0) is 14.8 Å². The van der Waals surface area contributed by atoms with Gasteiger partial charge in [-0.15, -0.1) is 0 Å². The molecule has 1 amide bonds. The van der Waals surface area contributed by atoms with Gasteiger partial charge in [-0.25, -0.2) is 12.8 Å². The number of benzene rings is 1. The first-order chi connectivity index (χ1) is 9.79. The molecule has 1 unspecified atom stereocenters. The zero-order valence-corrected chi connectivity index (χ0v) is 13.0.